The number of hydrogen-bond acceptors (Lipinski definition) is 0. The molecule has 0 amide bonds. The molecule has 0 aliphatic carbocycles. The Bertz CT molecular complexity index is 9.22. The Hall–Kier alpha value is 1.54. The third kappa shape index (κ3) is 293. The van der Waals surface area contributed by atoms with Crippen molar-refractivity contribution in [2.75, 3.05) is 0 Å². The fourth-order valence-electron chi connectivity index (χ4n) is 0. The van der Waals surface area contributed by atoms with E-state index in [2.05, 4.69) is 0 Å². The minimum Gasteiger partial charge on any atom is -0.412 e. The third-order valence-electron chi connectivity index (χ3n) is 0. The van der Waals surface area contributed by atoms with Gasteiger partial charge in [-0.25, -0.2) is 0 Å². The van der Waals surface area contributed by atoms with Gasteiger partial charge in [0.25, 0.3) is 0 Å². The predicted molar refractivity (Wildman–Crippen MR) is 41.9 cm³/mol. The van der Waals surface area contributed by atoms with Gasteiger partial charge in [-0.2, -0.15) is 0 Å². The fourth-order valence-corrected chi connectivity index (χ4v) is 0. The van der Waals surface area contributed by atoms with Crippen molar-refractivity contribution in [2.24, 2.45) is 0 Å². The van der Waals surface area contributed by atoms with Crippen LogP contribution in [0.4, 0.5) is 0 Å². The molecule has 10 heavy (non-hydrogen) atoms. The van der Waals surface area contributed by atoms with E-state index in [0.717, 1.165) is 0 Å². The summed E-state index contributed by atoms with van der Waals surface area (Å²) >= 11 is 0. The van der Waals surface area contributed by atoms with Gasteiger partial charge in [-0.15, -0.1) is 12.4 Å². The van der Waals surface area contributed by atoms with Crippen LogP contribution >= 0.6 is 12.4 Å². The standard InChI is InChI=1S/Ba.ClH.8H2O/h;1H;8*1H2. The molecule has 0 spiro atoms. The molecule has 0 heterocycles. The number of rotatable bonds is 0. The fraction of sp³-hybridized carbons (Fsp3) is 0. The third-order valence-corrected chi connectivity index (χ3v) is 0. The van der Waals surface area contributed by atoms with Crippen LogP contribution in [0.5, 0.6) is 0 Å². The second-order valence-corrected chi connectivity index (χ2v) is 0. The molecular weight excluding hydrogens is 301 g/mol. The quantitative estimate of drug-likeness (QED) is 0.377. The average molecular weight is 318 g/mol. The van der Waals surface area contributed by atoms with E-state index in [1.807, 2.05) is 0 Å². The van der Waals surface area contributed by atoms with Gasteiger partial charge in [0.2, 0.25) is 0 Å². The van der Waals surface area contributed by atoms with Crippen molar-refractivity contribution >= 4 is 61.3 Å². The minimum absolute atomic E-state index is 0. The molecule has 0 fully saturated rings. The molecule has 8 nitrogen and oxygen atoms in total. The van der Waals surface area contributed by atoms with Crippen LogP contribution in [0.15, 0.2) is 0 Å². The monoisotopic (exact) mass is 318 g/mol. The number of hydrogen-bond donors (Lipinski definition) is 0. The van der Waals surface area contributed by atoms with Crippen LogP contribution in [0.1, 0.15) is 0 Å². The van der Waals surface area contributed by atoms with Crippen LogP contribution in [-0.2, 0) is 0 Å². The first-order chi connectivity index (χ1) is 0. The zero-order valence-electron chi connectivity index (χ0n) is 5.12. The van der Waals surface area contributed by atoms with E-state index in [0.29, 0.717) is 0 Å². The summed E-state index contributed by atoms with van der Waals surface area (Å²) in [6.45, 7) is 0. The van der Waals surface area contributed by atoms with Gasteiger partial charge in [-0.1, -0.05) is 0 Å². The van der Waals surface area contributed by atoms with E-state index in [9.17, 15) is 0 Å². The summed E-state index contributed by atoms with van der Waals surface area (Å²) in [7, 11) is 0. The second kappa shape index (κ2) is 404. The van der Waals surface area contributed by atoms with Crippen molar-refractivity contribution in [1.29, 1.82) is 0 Å². The first kappa shape index (κ1) is 540. The summed E-state index contributed by atoms with van der Waals surface area (Å²) < 4.78 is 0. The molecule has 0 bridgehead atoms. The van der Waals surface area contributed by atoms with Gasteiger partial charge in [0.1, 0.15) is 0 Å². The van der Waals surface area contributed by atoms with Crippen molar-refractivity contribution < 1.29 is 43.8 Å². The molecule has 0 aliphatic heterocycles. The predicted octanol–water partition coefficient (Wildman–Crippen LogP) is -6.56. The van der Waals surface area contributed by atoms with E-state index >= 15 is 0 Å². The molecule has 2 radical (unpaired) electrons. The molecule has 74 valence electrons. The first-order valence-corrected chi connectivity index (χ1v) is 0. The minimum atomic E-state index is 0. The first-order valence-electron chi connectivity index (χ1n) is 0. The maximum absolute atomic E-state index is 0. The molecule has 0 rings (SSSR count). The summed E-state index contributed by atoms with van der Waals surface area (Å²) in [5.74, 6) is 0. The topological polar surface area (TPSA) is 252 Å². The van der Waals surface area contributed by atoms with Crippen LogP contribution in [0, 0.1) is 0 Å². The summed E-state index contributed by atoms with van der Waals surface area (Å²) in [5.41, 5.74) is 0. The van der Waals surface area contributed by atoms with Crippen LogP contribution in [0.2, 0.25) is 0 Å². The Labute approximate surface area is 104 Å². The van der Waals surface area contributed by atoms with Gasteiger partial charge in [-0.3, -0.25) is 0 Å². The van der Waals surface area contributed by atoms with Crippen LogP contribution < -0.4 is 0 Å². The van der Waals surface area contributed by atoms with E-state index in [-0.39, 0.29) is 105 Å². The Morgan fingerprint density at radius 1 is 0.300 bits per heavy atom. The van der Waals surface area contributed by atoms with Gasteiger partial charge in [0, 0.05) is 48.9 Å². The molecule has 10 heteroatoms. The van der Waals surface area contributed by atoms with Crippen molar-refractivity contribution in [3.63, 3.8) is 0 Å². The average Bonchev–Trinajstić information content (AvgIpc) is 0. The molecule has 0 aromatic heterocycles. The van der Waals surface area contributed by atoms with Gasteiger partial charge in [-0.05, 0) is 0 Å². The van der Waals surface area contributed by atoms with Crippen molar-refractivity contribution in [3.05, 3.63) is 0 Å². The van der Waals surface area contributed by atoms with E-state index in [1.165, 1.54) is 0 Å². The SMILES string of the molecule is Cl.O.O.O.O.O.O.O.O.[Ba]. The maximum atomic E-state index is 0. The summed E-state index contributed by atoms with van der Waals surface area (Å²) in [6.07, 6.45) is 0. The van der Waals surface area contributed by atoms with Gasteiger partial charge in [0.05, 0.1) is 0 Å². The Morgan fingerprint density at radius 2 is 0.300 bits per heavy atom. The molecule has 0 atom stereocenters. The molecule has 16 N–H and O–H groups in total. The molecule has 0 saturated carbocycles. The Balaban J connectivity index is 0. The van der Waals surface area contributed by atoms with E-state index in [4.69, 9.17) is 0 Å². The molecule has 0 aromatic carbocycles. The van der Waals surface area contributed by atoms with Crippen molar-refractivity contribution in [1.82, 2.24) is 0 Å². The zero-order chi connectivity index (χ0) is 0. The maximum Gasteiger partial charge on any atom is 0 e. The number of halogens is 1. The van der Waals surface area contributed by atoms with Gasteiger partial charge < -0.3 is 43.8 Å². The second-order valence-electron chi connectivity index (χ2n) is 0. The molecular formula is H17BaClO8. The van der Waals surface area contributed by atoms with E-state index in [1.54, 1.807) is 0 Å². The van der Waals surface area contributed by atoms with Gasteiger partial charge in [0.15, 0.2) is 0 Å². The molecule has 0 saturated heterocycles. The van der Waals surface area contributed by atoms with Crippen LogP contribution in [0.25, 0.3) is 0 Å². The van der Waals surface area contributed by atoms with Crippen molar-refractivity contribution in [2.45, 2.75) is 0 Å². The smallest absolute Gasteiger partial charge is 0 e. The Kier molecular flexibility index (Phi) is 21800. The Morgan fingerprint density at radius 3 is 0.300 bits per heavy atom. The summed E-state index contributed by atoms with van der Waals surface area (Å²) in [4.78, 5) is 0. The summed E-state index contributed by atoms with van der Waals surface area (Å²) in [6, 6.07) is 0. The van der Waals surface area contributed by atoms with Gasteiger partial charge >= 0.3 is 0 Å². The molecule has 0 aromatic rings. The largest absolute Gasteiger partial charge is 0.412 e. The van der Waals surface area contributed by atoms with Crippen LogP contribution in [-0.4, -0.2) is 92.7 Å². The summed E-state index contributed by atoms with van der Waals surface area (Å²) in [5, 5.41) is 0. The normalized spacial score (nSPS) is 0. The van der Waals surface area contributed by atoms with Crippen LogP contribution in [0.3, 0.4) is 0 Å². The molecule has 0 unspecified atom stereocenters. The van der Waals surface area contributed by atoms with Crippen molar-refractivity contribution in [3.8, 4) is 0 Å². The zero-order valence-corrected chi connectivity index (χ0v) is 10.4. The molecule has 0 aliphatic rings. The van der Waals surface area contributed by atoms with E-state index < -0.39 is 0 Å².